The fourth-order valence-corrected chi connectivity index (χ4v) is 5.77. The maximum absolute atomic E-state index is 13.3. The highest BCUT2D eigenvalue weighted by Gasteiger charge is 2.27. The van der Waals surface area contributed by atoms with Crippen LogP contribution in [0.15, 0.2) is 40.5 Å². The molecule has 4 rings (SSSR count). The molecule has 0 radical (unpaired) electrons. The molecule has 190 valence electrons. The molecule has 2 aromatic rings. The van der Waals surface area contributed by atoms with Gasteiger partial charge in [-0.15, -0.1) is 0 Å². The lowest BCUT2D eigenvalue weighted by atomic mass is 10.1. The van der Waals surface area contributed by atoms with Crippen molar-refractivity contribution < 1.29 is 31.9 Å². The van der Waals surface area contributed by atoms with E-state index >= 15 is 0 Å². The van der Waals surface area contributed by atoms with E-state index in [0.29, 0.717) is 49.4 Å². The van der Waals surface area contributed by atoms with Crippen LogP contribution in [-0.2, 0) is 29.1 Å². The summed E-state index contributed by atoms with van der Waals surface area (Å²) < 4.78 is 52.2. The molecule has 13 heteroatoms. The summed E-state index contributed by atoms with van der Waals surface area (Å²) in [6.45, 7) is 1.02. The minimum Gasteiger partial charge on any atom is -0.392 e. The van der Waals surface area contributed by atoms with Gasteiger partial charge in [0.05, 0.1) is 17.2 Å². The van der Waals surface area contributed by atoms with E-state index in [9.17, 15) is 17.6 Å². The summed E-state index contributed by atoms with van der Waals surface area (Å²) in [6, 6.07) is 5.58. The lowest BCUT2D eigenvalue weighted by Crippen LogP contribution is -2.38. The third kappa shape index (κ3) is 6.82. The molecule has 1 aromatic carbocycles. The SMILES string of the molecule is CO[C@@H]1CC[C@@H](ON=C(C(=O)Nc2ncc(F)s2)c2ccc(S(=O)(=O)NC3CCOCC3)cc2)C1. The van der Waals surface area contributed by atoms with E-state index in [4.69, 9.17) is 14.3 Å². The number of aromatic nitrogens is 1. The number of amides is 1. The van der Waals surface area contributed by atoms with E-state index < -0.39 is 21.1 Å². The molecular weight excluding hydrogens is 499 g/mol. The van der Waals surface area contributed by atoms with Crippen molar-refractivity contribution in [3.8, 4) is 0 Å². The molecule has 1 aliphatic heterocycles. The number of nitrogens with one attached hydrogen (secondary N) is 2. The summed E-state index contributed by atoms with van der Waals surface area (Å²) in [5.41, 5.74) is 0.258. The molecule has 35 heavy (non-hydrogen) atoms. The summed E-state index contributed by atoms with van der Waals surface area (Å²) in [6.07, 6.45) is 4.25. The summed E-state index contributed by atoms with van der Waals surface area (Å²) in [4.78, 5) is 22.4. The Bertz CT molecular complexity index is 1150. The van der Waals surface area contributed by atoms with Crippen LogP contribution in [0.1, 0.15) is 37.7 Å². The second-order valence-electron chi connectivity index (χ2n) is 8.29. The first-order valence-electron chi connectivity index (χ1n) is 11.2. The first kappa shape index (κ1) is 25.6. The van der Waals surface area contributed by atoms with Crippen LogP contribution in [0.25, 0.3) is 0 Å². The van der Waals surface area contributed by atoms with Crippen LogP contribution in [0.5, 0.6) is 0 Å². The molecule has 2 N–H and O–H groups in total. The van der Waals surface area contributed by atoms with E-state index in [-0.39, 0.29) is 34.0 Å². The monoisotopic (exact) mass is 526 g/mol. The third-order valence-electron chi connectivity index (χ3n) is 5.86. The molecule has 2 atom stereocenters. The predicted molar refractivity (Wildman–Crippen MR) is 127 cm³/mol. The van der Waals surface area contributed by atoms with Crippen LogP contribution in [0.2, 0.25) is 0 Å². The van der Waals surface area contributed by atoms with E-state index in [1.165, 1.54) is 24.3 Å². The van der Waals surface area contributed by atoms with Gasteiger partial charge in [-0.05, 0) is 37.8 Å². The summed E-state index contributed by atoms with van der Waals surface area (Å²) in [5, 5.41) is 6.12. The number of carbonyl (C=O) groups excluding carboxylic acids is 1. The number of ether oxygens (including phenoxy) is 2. The molecule has 10 nitrogen and oxygen atoms in total. The Labute approximate surface area is 206 Å². The maximum atomic E-state index is 13.3. The lowest BCUT2D eigenvalue weighted by Gasteiger charge is -2.23. The number of oxime groups is 1. The van der Waals surface area contributed by atoms with Gasteiger partial charge in [-0.25, -0.2) is 18.1 Å². The molecule has 1 aliphatic carbocycles. The zero-order chi connectivity index (χ0) is 24.8. The van der Waals surface area contributed by atoms with Crippen LogP contribution in [0, 0.1) is 5.13 Å². The third-order valence-corrected chi connectivity index (χ3v) is 8.09. The number of thiazole rings is 1. The predicted octanol–water partition coefficient (Wildman–Crippen LogP) is 2.67. The lowest BCUT2D eigenvalue weighted by molar-refractivity contribution is -0.110. The summed E-state index contributed by atoms with van der Waals surface area (Å²) in [5.74, 6) is -0.656. The highest BCUT2D eigenvalue weighted by atomic mass is 32.2. The molecule has 1 saturated carbocycles. The number of sulfonamides is 1. The van der Waals surface area contributed by atoms with Gasteiger partial charge in [0.2, 0.25) is 10.0 Å². The molecule has 2 fully saturated rings. The van der Waals surface area contributed by atoms with Gasteiger partial charge in [-0.1, -0.05) is 28.6 Å². The van der Waals surface area contributed by atoms with Gasteiger partial charge >= 0.3 is 0 Å². The second-order valence-corrected chi connectivity index (χ2v) is 11.0. The van der Waals surface area contributed by atoms with Crippen molar-refractivity contribution in [2.75, 3.05) is 25.6 Å². The normalized spacial score (nSPS) is 21.7. The summed E-state index contributed by atoms with van der Waals surface area (Å²) in [7, 11) is -2.11. The fourth-order valence-electron chi connectivity index (χ4n) is 3.93. The molecule has 2 aliphatic rings. The van der Waals surface area contributed by atoms with Gasteiger partial charge in [-0.3, -0.25) is 10.1 Å². The van der Waals surface area contributed by atoms with E-state index in [0.717, 1.165) is 19.0 Å². The van der Waals surface area contributed by atoms with Crippen LogP contribution in [0.3, 0.4) is 0 Å². The molecule has 0 unspecified atom stereocenters. The number of nitrogens with zero attached hydrogens (tertiary/aromatic N) is 2. The van der Waals surface area contributed by atoms with Gasteiger partial charge in [0.15, 0.2) is 16.0 Å². The van der Waals surface area contributed by atoms with Crippen molar-refractivity contribution in [3.63, 3.8) is 0 Å². The van der Waals surface area contributed by atoms with E-state index in [1.807, 2.05) is 0 Å². The Morgan fingerprint density at radius 3 is 2.51 bits per heavy atom. The van der Waals surface area contributed by atoms with Gasteiger partial charge in [0.1, 0.15) is 6.10 Å². The molecule has 1 aromatic heterocycles. The number of hydrogen-bond acceptors (Lipinski definition) is 9. The van der Waals surface area contributed by atoms with Crippen molar-refractivity contribution in [2.45, 2.75) is 55.2 Å². The molecule has 1 saturated heterocycles. The fraction of sp³-hybridized carbons (Fsp3) is 0.500. The Morgan fingerprint density at radius 2 is 1.89 bits per heavy atom. The van der Waals surface area contributed by atoms with Crippen LogP contribution >= 0.6 is 11.3 Å². The van der Waals surface area contributed by atoms with Crippen LogP contribution in [-0.4, -0.2) is 63.6 Å². The number of rotatable bonds is 9. The second kappa shape index (κ2) is 11.5. The average Bonchev–Trinajstić information content (AvgIpc) is 3.48. The van der Waals surface area contributed by atoms with Gasteiger partial charge in [0.25, 0.3) is 5.91 Å². The highest BCUT2D eigenvalue weighted by molar-refractivity contribution is 7.89. The summed E-state index contributed by atoms with van der Waals surface area (Å²) >= 11 is 0.679. The highest BCUT2D eigenvalue weighted by Crippen LogP contribution is 2.25. The van der Waals surface area contributed by atoms with Crippen LogP contribution in [0.4, 0.5) is 9.52 Å². The van der Waals surface area contributed by atoms with E-state index in [2.05, 4.69) is 20.2 Å². The number of hydrogen-bond donors (Lipinski definition) is 2. The average molecular weight is 527 g/mol. The van der Waals surface area contributed by atoms with E-state index in [1.54, 1.807) is 7.11 Å². The molecule has 0 bridgehead atoms. The van der Waals surface area contributed by atoms with Crippen molar-refractivity contribution in [1.82, 2.24) is 9.71 Å². The number of methoxy groups -OCH3 is 1. The number of anilines is 1. The quantitative estimate of drug-likeness (QED) is 0.380. The zero-order valence-corrected chi connectivity index (χ0v) is 20.7. The Morgan fingerprint density at radius 1 is 1.17 bits per heavy atom. The Hall–Kier alpha value is -2.45. The Kier molecular flexibility index (Phi) is 8.44. The van der Waals surface area contributed by atoms with Crippen molar-refractivity contribution in [2.24, 2.45) is 5.16 Å². The molecule has 2 heterocycles. The van der Waals surface area contributed by atoms with Gasteiger partial charge in [0, 0.05) is 38.3 Å². The minimum absolute atomic E-state index is 0.0640. The number of halogens is 1. The van der Waals surface area contributed by atoms with Crippen molar-refractivity contribution in [1.29, 1.82) is 0 Å². The molecule has 1 amide bonds. The minimum atomic E-state index is -3.74. The maximum Gasteiger partial charge on any atom is 0.280 e. The number of carbonyl (C=O) groups is 1. The smallest absolute Gasteiger partial charge is 0.280 e. The van der Waals surface area contributed by atoms with Crippen LogP contribution < -0.4 is 10.0 Å². The van der Waals surface area contributed by atoms with Crippen molar-refractivity contribution >= 4 is 38.1 Å². The molecular formula is C22H27FN4O6S2. The Balaban J connectivity index is 1.52. The first-order valence-corrected chi connectivity index (χ1v) is 13.5. The first-order chi connectivity index (χ1) is 16.8. The topological polar surface area (TPSA) is 128 Å². The van der Waals surface area contributed by atoms with Crippen molar-refractivity contribution in [3.05, 3.63) is 41.2 Å². The largest absolute Gasteiger partial charge is 0.392 e. The van der Waals surface area contributed by atoms with Gasteiger partial charge in [-0.2, -0.15) is 4.39 Å². The molecule has 0 spiro atoms. The standard InChI is InChI=1S/C22H27FN4O6S2/c1-31-16-4-5-17(12-16)33-26-20(21(28)25-22-24-13-19(23)34-22)14-2-6-18(7-3-14)35(29,30)27-15-8-10-32-11-9-15/h2-3,6-7,13,15-17,27H,4-5,8-12H2,1H3,(H,24,25,28)/t16-,17-/m1/s1. The zero-order valence-electron chi connectivity index (χ0n) is 19.1. The number of benzene rings is 1. The van der Waals surface area contributed by atoms with Gasteiger partial charge < -0.3 is 14.3 Å².